The van der Waals surface area contributed by atoms with Crippen LogP contribution in [-0.2, 0) is 27.3 Å². The van der Waals surface area contributed by atoms with Crippen molar-refractivity contribution in [2.75, 3.05) is 13.1 Å². The van der Waals surface area contributed by atoms with Crippen molar-refractivity contribution in [3.63, 3.8) is 0 Å². The molecule has 0 spiro atoms. The van der Waals surface area contributed by atoms with Crippen molar-refractivity contribution in [3.8, 4) is 0 Å². The first-order valence-electron chi connectivity index (χ1n) is 6.55. The predicted molar refractivity (Wildman–Crippen MR) is 70.5 cm³/mol. The molecule has 0 aromatic heterocycles. The summed E-state index contributed by atoms with van der Waals surface area (Å²) < 4.78 is 0. The van der Waals surface area contributed by atoms with Crippen molar-refractivity contribution >= 4 is 17.7 Å². The SMILES string of the molecule is O=C1CN(C(=O)[C@H]2Cc3ccccc3CN2)CC(=O)N1. The van der Waals surface area contributed by atoms with E-state index in [1.807, 2.05) is 24.3 Å². The van der Waals surface area contributed by atoms with Crippen LogP contribution in [0.25, 0.3) is 0 Å². The second-order valence-electron chi connectivity index (χ2n) is 5.07. The summed E-state index contributed by atoms with van der Waals surface area (Å²) >= 11 is 0. The molecule has 3 amide bonds. The first-order chi connectivity index (χ1) is 9.63. The molecule has 2 aliphatic heterocycles. The summed E-state index contributed by atoms with van der Waals surface area (Å²) in [6, 6.07) is 7.58. The maximum Gasteiger partial charge on any atom is 0.246 e. The molecule has 1 atom stereocenters. The van der Waals surface area contributed by atoms with Gasteiger partial charge in [-0.1, -0.05) is 24.3 Å². The molecule has 0 saturated carbocycles. The van der Waals surface area contributed by atoms with E-state index in [-0.39, 0.29) is 25.0 Å². The molecule has 0 radical (unpaired) electrons. The minimum atomic E-state index is -0.425. The standard InChI is InChI=1S/C14H15N3O3/c18-12-7-17(8-13(19)16-12)14(20)11-5-9-3-1-2-4-10(9)6-15-11/h1-4,11,15H,5-8H2,(H,16,18,19)/t11-/m1/s1. The smallest absolute Gasteiger partial charge is 0.246 e. The number of hydrogen-bond donors (Lipinski definition) is 2. The molecule has 3 rings (SSSR count). The topological polar surface area (TPSA) is 78.5 Å². The second-order valence-corrected chi connectivity index (χ2v) is 5.07. The Morgan fingerprint density at radius 3 is 2.45 bits per heavy atom. The van der Waals surface area contributed by atoms with E-state index in [4.69, 9.17) is 0 Å². The lowest BCUT2D eigenvalue weighted by molar-refractivity contribution is -0.146. The van der Waals surface area contributed by atoms with Gasteiger partial charge in [-0.05, 0) is 17.5 Å². The van der Waals surface area contributed by atoms with Crippen molar-refractivity contribution in [2.24, 2.45) is 0 Å². The molecule has 6 heteroatoms. The van der Waals surface area contributed by atoms with Gasteiger partial charge in [0.2, 0.25) is 17.7 Å². The summed E-state index contributed by atoms with van der Waals surface area (Å²) in [7, 11) is 0. The van der Waals surface area contributed by atoms with Crippen molar-refractivity contribution in [1.29, 1.82) is 0 Å². The average Bonchev–Trinajstić information content (AvgIpc) is 2.45. The lowest BCUT2D eigenvalue weighted by Crippen LogP contribution is -2.58. The molecule has 0 unspecified atom stereocenters. The summed E-state index contributed by atoms with van der Waals surface area (Å²) in [5.41, 5.74) is 2.32. The van der Waals surface area contributed by atoms with Crippen LogP contribution in [0, 0.1) is 0 Å². The number of rotatable bonds is 1. The fourth-order valence-electron chi connectivity index (χ4n) is 2.64. The summed E-state index contributed by atoms with van der Waals surface area (Å²) in [6.07, 6.45) is 0.585. The summed E-state index contributed by atoms with van der Waals surface area (Å²) in [5.74, 6) is -1.04. The number of carbonyl (C=O) groups excluding carboxylic acids is 3. The molecule has 0 bridgehead atoms. The quantitative estimate of drug-likeness (QED) is 0.656. The number of benzene rings is 1. The number of nitrogens with one attached hydrogen (secondary N) is 2. The van der Waals surface area contributed by atoms with E-state index in [2.05, 4.69) is 10.6 Å². The highest BCUT2D eigenvalue weighted by Crippen LogP contribution is 2.17. The number of hydrogen-bond acceptors (Lipinski definition) is 4. The molecule has 1 saturated heterocycles. The molecule has 2 aliphatic rings. The van der Waals surface area contributed by atoms with Crippen molar-refractivity contribution in [1.82, 2.24) is 15.5 Å². The van der Waals surface area contributed by atoms with Crippen molar-refractivity contribution in [3.05, 3.63) is 35.4 Å². The number of carbonyl (C=O) groups is 3. The Kier molecular flexibility index (Phi) is 3.23. The molecular weight excluding hydrogens is 258 g/mol. The molecule has 0 aliphatic carbocycles. The summed E-state index contributed by atoms with van der Waals surface area (Å²) in [5, 5.41) is 5.36. The molecule has 104 valence electrons. The third-order valence-corrected chi connectivity index (χ3v) is 3.64. The van der Waals surface area contributed by atoms with E-state index in [0.29, 0.717) is 13.0 Å². The minimum Gasteiger partial charge on any atom is -0.323 e. The van der Waals surface area contributed by atoms with Crippen LogP contribution in [-0.4, -0.2) is 41.8 Å². The molecule has 1 aromatic carbocycles. The van der Waals surface area contributed by atoms with E-state index < -0.39 is 11.8 Å². The van der Waals surface area contributed by atoms with Gasteiger partial charge in [0, 0.05) is 6.54 Å². The largest absolute Gasteiger partial charge is 0.323 e. The van der Waals surface area contributed by atoms with Gasteiger partial charge in [0.15, 0.2) is 0 Å². The lowest BCUT2D eigenvalue weighted by atomic mass is 9.95. The molecule has 2 heterocycles. The summed E-state index contributed by atoms with van der Waals surface area (Å²) in [4.78, 5) is 36.3. The molecule has 6 nitrogen and oxygen atoms in total. The number of imide groups is 1. The fraction of sp³-hybridized carbons (Fsp3) is 0.357. The Hall–Kier alpha value is -2.21. The first kappa shape index (κ1) is 12.8. The van der Waals surface area contributed by atoms with Gasteiger partial charge in [-0.25, -0.2) is 0 Å². The van der Waals surface area contributed by atoms with Crippen molar-refractivity contribution < 1.29 is 14.4 Å². The van der Waals surface area contributed by atoms with Gasteiger partial charge >= 0.3 is 0 Å². The van der Waals surface area contributed by atoms with E-state index in [9.17, 15) is 14.4 Å². The lowest BCUT2D eigenvalue weighted by Gasteiger charge is -2.32. The molecule has 2 N–H and O–H groups in total. The highest BCUT2D eigenvalue weighted by Gasteiger charge is 2.32. The fourth-order valence-corrected chi connectivity index (χ4v) is 2.64. The zero-order valence-electron chi connectivity index (χ0n) is 10.9. The summed E-state index contributed by atoms with van der Waals surface area (Å²) in [6.45, 7) is 0.523. The number of amides is 3. The van der Waals surface area contributed by atoms with Gasteiger partial charge in [-0.2, -0.15) is 0 Å². The molecule has 1 aromatic rings. The highest BCUT2D eigenvalue weighted by molar-refractivity contribution is 6.03. The van der Waals surface area contributed by atoms with E-state index in [0.717, 1.165) is 5.56 Å². The zero-order chi connectivity index (χ0) is 14.1. The van der Waals surface area contributed by atoms with E-state index >= 15 is 0 Å². The van der Waals surface area contributed by atoms with Crippen LogP contribution < -0.4 is 10.6 Å². The maximum absolute atomic E-state index is 12.4. The minimum absolute atomic E-state index is 0.0512. The molecule has 20 heavy (non-hydrogen) atoms. The van der Waals surface area contributed by atoms with Crippen LogP contribution >= 0.6 is 0 Å². The van der Waals surface area contributed by atoms with Crippen LogP contribution in [0.15, 0.2) is 24.3 Å². The van der Waals surface area contributed by atoms with E-state index in [1.165, 1.54) is 10.5 Å². The second kappa shape index (κ2) is 5.05. The Bertz CT molecular complexity index is 569. The van der Waals surface area contributed by atoms with Crippen LogP contribution in [0.1, 0.15) is 11.1 Å². The van der Waals surface area contributed by atoms with E-state index in [1.54, 1.807) is 0 Å². The molecule has 1 fully saturated rings. The first-order valence-corrected chi connectivity index (χ1v) is 6.55. The Morgan fingerprint density at radius 1 is 1.10 bits per heavy atom. The monoisotopic (exact) mass is 273 g/mol. The number of nitrogens with zero attached hydrogens (tertiary/aromatic N) is 1. The zero-order valence-corrected chi connectivity index (χ0v) is 10.9. The van der Waals surface area contributed by atoms with Crippen LogP contribution in [0.2, 0.25) is 0 Å². The third kappa shape index (κ3) is 2.42. The van der Waals surface area contributed by atoms with Gasteiger partial charge in [0.25, 0.3) is 0 Å². The van der Waals surface area contributed by atoms with Crippen molar-refractivity contribution in [2.45, 2.75) is 19.0 Å². The Balaban J connectivity index is 1.73. The normalized spacial score (nSPS) is 22.2. The average molecular weight is 273 g/mol. The Morgan fingerprint density at radius 2 is 1.75 bits per heavy atom. The van der Waals surface area contributed by atoms with Gasteiger partial charge in [-0.3, -0.25) is 19.7 Å². The Labute approximate surface area is 116 Å². The third-order valence-electron chi connectivity index (χ3n) is 3.64. The number of piperazine rings is 1. The molecular formula is C14H15N3O3. The highest BCUT2D eigenvalue weighted by atomic mass is 16.2. The predicted octanol–water partition coefficient (Wildman–Crippen LogP) is -0.814. The number of fused-ring (bicyclic) bond motifs is 1. The van der Waals surface area contributed by atoms with Gasteiger partial charge < -0.3 is 10.2 Å². The van der Waals surface area contributed by atoms with Gasteiger partial charge in [0.05, 0.1) is 6.04 Å². The van der Waals surface area contributed by atoms with Gasteiger partial charge in [-0.15, -0.1) is 0 Å². The maximum atomic E-state index is 12.4. The van der Waals surface area contributed by atoms with Gasteiger partial charge in [0.1, 0.15) is 13.1 Å². The van der Waals surface area contributed by atoms with Crippen LogP contribution in [0.3, 0.4) is 0 Å². The van der Waals surface area contributed by atoms with Crippen LogP contribution in [0.5, 0.6) is 0 Å². The van der Waals surface area contributed by atoms with Crippen LogP contribution in [0.4, 0.5) is 0 Å².